The normalized spacial score (nSPS) is 15.6. The molecule has 1 rings (SSSR count). The van der Waals surface area contributed by atoms with Gasteiger partial charge in [0.1, 0.15) is 0 Å². The molecule has 0 fully saturated rings. The lowest BCUT2D eigenvalue weighted by molar-refractivity contribution is -0.148. The molecule has 1 aromatic rings. The monoisotopic (exact) mass is 294 g/mol. The van der Waals surface area contributed by atoms with Crippen LogP contribution in [0.3, 0.4) is 0 Å². The summed E-state index contributed by atoms with van der Waals surface area (Å²) in [6, 6.07) is 5.92. The first kappa shape index (κ1) is 16.3. The van der Waals surface area contributed by atoms with Crippen LogP contribution in [0.4, 0.5) is 13.2 Å². The molecule has 0 radical (unpaired) electrons. The number of hydrogen-bond acceptors (Lipinski definition) is 2. The van der Waals surface area contributed by atoms with E-state index in [-0.39, 0.29) is 6.04 Å². The Kier molecular flexibility index (Phi) is 5.64. The van der Waals surface area contributed by atoms with Crippen LogP contribution in [-0.4, -0.2) is 30.7 Å². The zero-order valence-corrected chi connectivity index (χ0v) is 11.7. The zero-order valence-electron chi connectivity index (χ0n) is 10.9. The van der Waals surface area contributed by atoms with Gasteiger partial charge in [-0.25, -0.2) is 0 Å². The van der Waals surface area contributed by atoms with Gasteiger partial charge in [-0.3, -0.25) is 4.90 Å². The molecule has 0 bridgehead atoms. The van der Waals surface area contributed by atoms with Crippen LogP contribution < -0.4 is 5.73 Å². The van der Waals surface area contributed by atoms with Gasteiger partial charge in [0.15, 0.2) is 0 Å². The molecule has 1 aromatic carbocycles. The highest BCUT2D eigenvalue weighted by Crippen LogP contribution is 2.28. The van der Waals surface area contributed by atoms with Crippen LogP contribution >= 0.6 is 11.6 Å². The van der Waals surface area contributed by atoms with Crippen LogP contribution in [0.5, 0.6) is 0 Å². The molecule has 0 aromatic heterocycles. The second-order valence-electron chi connectivity index (χ2n) is 4.60. The predicted octanol–water partition coefficient (Wildman–Crippen LogP) is 3.61. The number of halogens is 4. The maximum atomic E-state index is 12.5. The molecule has 0 aliphatic rings. The van der Waals surface area contributed by atoms with E-state index >= 15 is 0 Å². The molecule has 0 amide bonds. The van der Waals surface area contributed by atoms with Crippen molar-refractivity contribution in [2.24, 2.45) is 5.73 Å². The van der Waals surface area contributed by atoms with Crippen molar-refractivity contribution in [3.63, 3.8) is 0 Å². The van der Waals surface area contributed by atoms with Gasteiger partial charge < -0.3 is 5.73 Å². The number of nitrogens with zero attached hydrogens (tertiary/aromatic N) is 1. The minimum Gasteiger partial charge on any atom is -0.326 e. The minimum absolute atomic E-state index is 0.384. The van der Waals surface area contributed by atoms with Gasteiger partial charge in [-0.1, -0.05) is 30.7 Å². The van der Waals surface area contributed by atoms with Crippen LogP contribution in [0.1, 0.15) is 24.9 Å². The molecular weight excluding hydrogens is 277 g/mol. The van der Waals surface area contributed by atoms with Crippen LogP contribution in [0.15, 0.2) is 24.3 Å². The third kappa shape index (κ3) is 5.01. The van der Waals surface area contributed by atoms with Crippen molar-refractivity contribution in [3.05, 3.63) is 34.9 Å². The summed E-state index contributed by atoms with van der Waals surface area (Å²) in [7, 11) is 1.43. The first-order chi connectivity index (χ1) is 8.74. The maximum absolute atomic E-state index is 12.5. The lowest BCUT2D eigenvalue weighted by Crippen LogP contribution is -2.42. The Hall–Kier alpha value is -0.780. The van der Waals surface area contributed by atoms with Crippen LogP contribution in [0, 0.1) is 0 Å². The summed E-state index contributed by atoms with van der Waals surface area (Å²) < 4.78 is 37.6. The van der Waals surface area contributed by atoms with Crippen molar-refractivity contribution in [1.29, 1.82) is 0 Å². The molecule has 0 aliphatic carbocycles. The Morgan fingerprint density at radius 2 is 2.00 bits per heavy atom. The summed E-state index contributed by atoms with van der Waals surface area (Å²) in [5, 5.41) is 0.492. The number of rotatable bonds is 5. The quantitative estimate of drug-likeness (QED) is 0.899. The zero-order chi connectivity index (χ0) is 14.6. The molecule has 2 atom stereocenters. The van der Waals surface area contributed by atoms with Crippen molar-refractivity contribution in [2.45, 2.75) is 31.6 Å². The average molecular weight is 295 g/mol. The molecule has 19 heavy (non-hydrogen) atoms. The van der Waals surface area contributed by atoms with E-state index < -0.39 is 18.8 Å². The lowest BCUT2D eigenvalue weighted by atomic mass is 9.96. The highest BCUT2D eigenvalue weighted by atomic mass is 35.5. The molecule has 0 heterocycles. The number of nitrogens with two attached hydrogens (primary N) is 1. The van der Waals surface area contributed by atoms with Crippen molar-refractivity contribution >= 4 is 11.6 Å². The summed E-state index contributed by atoms with van der Waals surface area (Å²) in [4.78, 5) is 1.22. The first-order valence-electron chi connectivity index (χ1n) is 6.02. The van der Waals surface area contributed by atoms with E-state index in [1.165, 1.54) is 11.9 Å². The van der Waals surface area contributed by atoms with Gasteiger partial charge in [-0.2, -0.15) is 13.2 Å². The van der Waals surface area contributed by atoms with Gasteiger partial charge in [0.25, 0.3) is 0 Å². The molecule has 6 heteroatoms. The second kappa shape index (κ2) is 6.59. The van der Waals surface area contributed by atoms with E-state index in [1.54, 1.807) is 24.3 Å². The minimum atomic E-state index is -4.25. The summed E-state index contributed by atoms with van der Waals surface area (Å²) in [6.45, 7) is 0.849. The number of benzene rings is 1. The molecule has 0 aliphatic heterocycles. The van der Waals surface area contributed by atoms with Gasteiger partial charge >= 0.3 is 6.18 Å². The smallest absolute Gasteiger partial charge is 0.326 e. The maximum Gasteiger partial charge on any atom is 0.401 e. The third-order valence-corrected chi connectivity index (χ3v) is 3.21. The number of likely N-dealkylation sites (N-methyl/N-ethyl adjacent to an activating group) is 1. The Morgan fingerprint density at radius 3 is 2.47 bits per heavy atom. The fourth-order valence-electron chi connectivity index (χ4n) is 2.12. The summed E-state index contributed by atoms with van der Waals surface area (Å²) in [6.07, 6.45) is -3.67. The molecule has 108 valence electrons. The van der Waals surface area contributed by atoms with Gasteiger partial charge in [-0.05, 0) is 31.2 Å². The largest absolute Gasteiger partial charge is 0.401 e. The number of alkyl halides is 3. The van der Waals surface area contributed by atoms with Crippen molar-refractivity contribution in [1.82, 2.24) is 4.90 Å². The van der Waals surface area contributed by atoms with E-state index in [9.17, 15) is 13.2 Å². The van der Waals surface area contributed by atoms with Gasteiger partial charge in [0, 0.05) is 17.1 Å². The van der Waals surface area contributed by atoms with Crippen molar-refractivity contribution in [2.75, 3.05) is 13.6 Å². The molecule has 2 N–H and O–H groups in total. The van der Waals surface area contributed by atoms with Crippen LogP contribution in [0.25, 0.3) is 0 Å². The van der Waals surface area contributed by atoms with Crippen molar-refractivity contribution in [3.8, 4) is 0 Å². The molecular formula is C13H18ClF3N2. The Bertz CT molecular complexity index is 409. The van der Waals surface area contributed by atoms with E-state index in [2.05, 4.69) is 0 Å². The van der Waals surface area contributed by atoms with E-state index in [0.29, 0.717) is 17.0 Å². The predicted molar refractivity (Wildman–Crippen MR) is 71.1 cm³/mol. The Balaban J connectivity index is 3.01. The molecule has 2 unspecified atom stereocenters. The standard InChI is InChI=1S/C13H18ClF3N2/c1-3-11(18)12(19(2)8-13(15,16)17)9-5-4-6-10(14)7-9/h4-7,11-12H,3,8,18H2,1-2H3. The second-order valence-corrected chi connectivity index (χ2v) is 5.04. The lowest BCUT2D eigenvalue weighted by Gasteiger charge is -2.33. The van der Waals surface area contributed by atoms with E-state index in [0.717, 1.165) is 0 Å². The SMILES string of the molecule is CCC(N)C(c1cccc(Cl)c1)N(C)CC(F)(F)F. The summed E-state index contributed by atoms with van der Waals surface area (Å²) >= 11 is 5.89. The van der Waals surface area contributed by atoms with E-state index in [4.69, 9.17) is 17.3 Å². The molecule has 0 saturated carbocycles. The molecule has 0 saturated heterocycles. The van der Waals surface area contributed by atoms with Crippen LogP contribution in [0.2, 0.25) is 5.02 Å². The van der Waals surface area contributed by atoms with E-state index in [1.807, 2.05) is 6.92 Å². The van der Waals surface area contributed by atoms with Gasteiger partial charge in [0.2, 0.25) is 0 Å². The highest BCUT2D eigenvalue weighted by Gasteiger charge is 2.34. The van der Waals surface area contributed by atoms with Crippen LogP contribution in [-0.2, 0) is 0 Å². The fraction of sp³-hybridized carbons (Fsp3) is 0.538. The third-order valence-electron chi connectivity index (χ3n) is 2.97. The molecule has 2 nitrogen and oxygen atoms in total. The average Bonchev–Trinajstić information content (AvgIpc) is 2.26. The molecule has 0 spiro atoms. The van der Waals surface area contributed by atoms with Gasteiger partial charge in [0.05, 0.1) is 6.54 Å². The summed E-state index contributed by atoms with van der Waals surface area (Å²) in [5.41, 5.74) is 6.67. The number of hydrogen-bond donors (Lipinski definition) is 1. The first-order valence-corrected chi connectivity index (χ1v) is 6.40. The van der Waals surface area contributed by atoms with Crippen molar-refractivity contribution < 1.29 is 13.2 Å². The topological polar surface area (TPSA) is 29.3 Å². The summed E-state index contributed by atoms with van der Waals surface area (Å²) in [5.74, 6) is 0. The highest BCUT2D eigenvalue weighted by molar-refractivity contribution is 6.30. The fourth-order valence-corrected chi connectivity index (χ4v) is 2.32. The Morgan fingerprint density at radius 1 is 1.37 bits per heavy atom. The van der Waals surface area contributed by atoms with Gasteiger partial charge in [-0.15, -0.1) is 0 Å². The Labute approximate surface area is 116 Å².